The number of nitrogens with zero attached hydrogens (tertiary/aromatic N) is 4. The Hall–Kier alpha value is -2.83. The molecule has 1 aromatic heterocycles. The molecule has 1 aliphatic rings. The standard InChI is InChI=1S/C20H27N5O2/c1-16(2)17-4-6-18(7-5-17)27-15-10-23-20(26)25-13-11-24(12-14-25)19-21-8-3-9-22-19/h3-9,16H,10-15H2,1-2H3,(H,23,26). The van der Waals surface area contributed by atoms with E-state index in [0.717, 1.165) is 24.8 Å². The van der Waals surface area contributed by atoms with Crippen LogP contribution in [0.25, 0.3) is 0 Å². The van der Waals surface area contributed by atoms with E-state index in [1.165, 1.54) is 5.56 Å². The molecule has 2 aromatic rings. The second kappa shape index (κ2) is 9.21. The molecule has 0 unspecified atom stereocenters. The second-order valence-electron chi connectivity index (χ2n) is 6.83. The van der Waals surface area contributed by atoms with Crippen LogP contribution in [0.1, 0.15) is 25.3 Å². The van der Waals surface area contributed by atoms with Gasteiger partial charge in [0.05, 0.1) is 6.54 Å². The molecule has 2 amide bonds. The fourth-order valence-corrected chi connectivity index (χ4v) is 2.95. The first-order chi connectivity index (χ1) is 13.1. The van der Waals surface area contributed by atoms with Gasteiger partial charge in [-0.05, 0) is 29.7 Å². The summed E-state index contributed by atoms with van der Waals surface area (Å²) in [5, 5.41) is 2.92. The average Bonchev–Trinajstić information content (AvgIpc) is 2.72. The van der Waals surface area contributed by atoms with Crippen LogP contribution >= 0.6 is 0 Å². The summed E-state index contributed by atoms with van der Waals surface area (Å²) in [6.07, 6.45) is 3.47. The second-order valence-corrected chi connectivity index (χ2v) is 6.83. The highest BCUT2D eigenvalue weighted by molar-refractivity contribution is 5.74. The molecule has 7 nitrogen and oxygen atoms in total. The van der Waals surface area contributed by atoms with Crippen LogP contribution in [0.2, 0.25) is 0 Å². The molecule has 0 atom stereocenters. The van der Waals surface area contributed by atoms with Crippen molar-refractivity contribution >= 4 is 12.0 Å². The Morgan fingerprint density at radius 3 is 2.41 bits per heavy atom. The molecule has 144 valence electrons. The van der Waals surface area contributed by atoms with E-state index in [9.17, 15) is 4.79 Å². The Labute approximate surface area is 160 Å². The van der Waals surface area contributed by atoms with Crippen LogP contribution in [0.5, 0.6) is 5.75 Å². The summed E-state index contributed by atoms with van der Waals surface area (Å²) in [5.74, 6) is 2.05. The van der Waals surface area contributed by atoms with E-state index in [0.29, 0.717) is 32.2 Å². The minimum atomic E-state index is -0.0533. The lowest BCUT2D eigenvalue weighted by atomic mass is 10.0. The molecule has 7 heteroatoms. The number of aromatic nitrogens is 2. The van der Waals surface area contributed by atoms with Crippen LogP contribution in [-0.4, -0.2) is 60.2 Å². The van der Waals surface area contributed by atoms with Crippen molar-refractivity contribution in [2.24, 2.45) is 0 Å². The van der Waals surface area contributed by atoms with Crippen molar-refractivity contribution in [1.82, 2.24) is 20.2 Å². The number of carbonyl (C=O) groups excluding carboxylic acids is 1. The van der Waals surface area contributed by atoms with Gasteiger partial charge in [-0.3, -0.25) is 0 Å². The molecule has 0 bridgehead atoms. The predicted molar refractivity (Wildman–Crippen MR) is 105 cm³/mol. The van der Waals surface area contributed by atoms with Gasteiger partial charge in [-0.15, -0.1) is 0 Å². The zero-order valence-electron chi connectivity index (χ0n) is 16.0. The summed E-state index contributed by atoms with van der Waals surface area (Å²) in [7, 11) is 0. The maximum Gasteiger partial charge on any atom is 0.317 e. The summed E-state index contributed by atoms with van der Waals surface area (Å²) < 4.78 is 5.70. The van der Waals surface area contributed by atoms with Gasteiger partial charge in [0.15, 0.2) is 0 Å². The minimum Gasteiger partial charge on any atom is -0.492 e. The highest BCUT2D eigenvalue weighted by Gasteiger charge is 2.22. The predicted octanol–water partition coefficient (Wildman–Crippen LogP) is 2.51. The van der Waals surface area contributed by atoms with Gasteiger partial charge in [-0.25, -0.2) is 14.8 Å². The van der Waals surface area contributed by atoms with E-state index in [-0.39, 0.29) is 6.03 Å². The smallest absolute Gasteiger partial charge is 0.317 e. The fraction of sp³-hybridized carbons (Fsp3) is 0.450. The van der Waals surface area contributed by atoms with Crippen LogP contribution < -0.4 is 15.0 Å². The summed E-state index contributed by atoms with van der Waals surface area (Å²) in [5.41, 5.74) is 1.29. The molecule has 27 heavy (non-hydrogen) atoms. The van der Waals surface area contributed by atoms with Crippen molar-refractivity contribution in [3.63, 3.8) is 0 Å². The Balaban J connectivity index is 1.35. The van der Waals surface area contributed by atoms with Crippen molar-refractivity contribution in [2.75, 3.05) is 44.2 Å². The molecule has 2 heterocycles. The number of amides is 2. The Kier molecular flexibility index (Phi) is 6.46. The number of urea groups is 1. The van der Waals surface area contributed by atoms with Crippen molar-refractivity contribution in [2.45, 2.75) is 19.8 Å². The van der Waals surface area contributed by atoms with E-state index >= 15 is 0 Å². The maximum absolute atomic E-state index is 12.3. The summed E-state index contributed by atoms with van der Waals surface area (Å²) in [6.45, 7) is 8.03. The van der Waals surface area contributed by atoms with Gasteiger partial charge in [-0.2, -0.15) is 0 Å². The number of hydrogen-bond acceptors (Lipinski definition) is 5. The number of ether oxygens (including phenoxy) is 1. The topological polar surface area (TPSA) is 70.6 Å². The van der Waals surface area contributed by atoms with Gasteiger partial charge in [-0.1, -0.05) is 26.0 Å². The van der Waals surface area contributed by atoms with E-state index in [4.69, 9.17) is 4.74 Å². The fourth-order valence-electron chi connectivity index (χ4n) is 2.95. The van der Waals surface area contributed by atoms with Crippen molar-refractivity contribution < 1.29 is 9.53 Å². The molecule has 0 radical (unpaired) electrons. The first-order valence-corrected chi connectivity index (χ1v) is 9.41. The molecule has 3 rings (SSSR count). The number of piperazine rings is 1. The molecular formula is C20H27N5O2. The van der Waals surface area contributed by atoms with Gasteiger partial charge in [0, 0.05) is 38.6 Å². The van der Waals surface area contributed by atoms with Crippen molar-refractivity contribution in [3.05, 3.63) is 48.3 Å². The monoisotopic (exact) mass is 369 g/mol. The van der Waals surface area contributed by atoms with Crippen LogP contribution in [0, 0.1) is 0 Å². The molecule has 1 fully saturated rings. The zero-order chi connectivity index (χ0) is 19.1. The van der Waals surface area contributed by atoms with E-state index in [2.05, 4.69) is 46.2 Å². The average molecular weight is 369 g/mol. The van der Waals surface area contributed by atoms with Gasteiger partial charge in [0.25, 0.3) is 0 Å². The number of anilines is 1. The van der Waals surface area contributed by atoms with Gasteiger partial charge < -0.3 is 19.9 Å². The molecule has 1 saturated heterocycles. The van der Waals surface area contributed by atoms with Crippen molar-refractivity contribution in [1.29, 1.82) is 0 Å². The highest BCUT2D eigenvalue weighted by atomic mass is 16.5. The Morgan fingerprint density at radius 2 is 1.78 bits per heavy atom. The van der Waals surface area contributed by atoms with Gasteiger partial charge >= 0.3 is 6.03 Å². The highest BCUT2D eigenvalue weighted by Crippen LogP contribution is 2.18. The van der Waals surface area contributed by atoms with Crippen LogP contribution in [0.4, 0.5) is 10.7 Å². The summed E-state index contributed by atoms with van der Waals surface area (Å²) in [6, 6.07) is 9.85. The zero-order valence-corrected chi connectivity index (χ0v) is 16.0. The Bertz CT molecular complexity index is 713. The third-order valence-corrected chi connectivity index (χ3v) is 4.60. The number of hydrogen-bond donors (Lipinski definition) is 1. The van der Waals surface area contributed by atoms with Crippen molar-refractivity contribution in [3.8, 4) is 5.75 Å². The van der Waals surface area contributed by atoms with E-state index in [1.54, 1.807) is 18.5 Å². The molecule has 0 aliphatic carbocycles. The SMILES string of the molecule is CC(C)c1ccc(OCCNC(=O)N2CCN(c3ncccn3)CC2)cc1. The lowest BCUT2D eigenvalue weighted by molar-refractivity contribution is 0.191. The maximum atomic E-state index is 12.3. The quantitative estimate of drug-likeness (QED) is 0.793. The first kappa shape index (κ1) is 18.9. The number of carbonyl (C=O) groups is 1. The molecule has 1 aliphatic heterocycles. The lowest BCUT2D eigenvalue weighted by Gasteiger charge is -2.34. The molecule has 1 aromatic carbocycles. The Morgan fingerprint density at radius 1 is 1.11 bits per heavy atom. The minimum absolute atomic E-state index is 0.0533. The normalized spacial score (nSPS) is 14.3. The van der Waals surface area contributed by atoms with E-state index in [1.807, 2.05) is 17.0 Å². The number of rotatable bonds is 6. The van der Waals surface area contributed by atoms with Gasteiger partial charge in [0.2, 0.25) is 5.95 Å². The summed E-state index contributed by atoms with van der Waals surface area (Å²) in [4.78, 5) is 24.7. The third-order valence-electron chi connectivity index (χ3n) is 4.60. The molecule has 1 N–H and O–H groups in total. The summed E-state index contributed by atoms with van der Waals surface area (Å²) >= 11 is 0. The number of nitrogens with one attached hydrogen (secondary N) is 1. The number of benzene rings is 1. The van der Waals surface area contributed by atoms with Crippen LogP contribution in [0.3, 0.4) is 0 Å². The van der Waals surface area contributed by atoms with Crippen LogP contribution in [0.15, 0.2) is 42.7 Å². The first-order valence-electron chi connectivity index (χ1n) is 9.41. The molecule has 0 spiro atoms. The molecular weight excluding hydrogens is 342 g/mol. The molecule has 0 saturated carbocycles. The van der Waals surface area contributed by atoms with Gasteiger partial charge in [0.1, 0.15) is 12.4 Å². The lowest BCUT2D eigenvalue weighted by Crippen LogP contribution is -2.52. The third kappa shape index (κ3) is 5.32. The van der Waals surface area contributed by atoms with Crippen LogP contribution in [-0.2, 0) is 0 Å². The van der Waals surface area contributed by atoms with E-state index < -0.39 is 0 Å². The largest absolute Gasteiger partial charge is 0.492 e.